The first-order valence-electron chi connectivity index (χ1n) is 6.87. The van der Waals surface area contributed by atoms with Crippen LogP contribution in [0.5, 0.6) is 0 Å². The highest BCUT2D eigenvalue weighted by Crippen LogP contribution is 2.19. The second-order valence-corrected chi connectivity index (χ2v) is 5.32. The number of benzene rings is 1. The molecule has 1 aromatic heterocycles. The molecule has 0 radical (unpaired) electrons. The maximum absolute atomic E-state index is 12.3. The van der Waals surface area contributed by atoms with Crippen LogP contribution >= 0.6 is 0 Å². The predicted octanol–water partition coefficient (Wildman–Crippen LogP) is 2.69. The van der Waals surface area contributed by atoms with Gasteiger partial charge in [0.05, 0.1) is 6.04 Å². The Labute approximate surface area is 123 Å². The Morgan fingerprint density at radius 2 is 1.76 bits per heavy atom. The van der Waals surface area contributed by atoms with Crippen LogP contribution in [0.15, 0.2) is 35.1 Å². The van der Waals surface area contributed by atoms with E-state index < -0.39 is 0 Å². The van der Waals surface area contributed by atoms with Gasteiger partial charge in [-0.15, -0.1) is 0 Å². The van der Waals surface area contributed by atoms with Crippen molar-refractivity contribution in [3.05, 3.63) is 57.5 Å². The molecule has 0 spiro atoms. The van der Waals surface area contributed by atoms with Gasteiger partial charge in [-0.1, -0.05) is 18.2 Å². The zero-order chi connectivity index (χ0) is 15.6. The summed E-state index contributed by atoms with van der Waals surface area (Å²) < 4.78 is 1.31. The van der Waals surface area contributed by atoms with Gasteiger partial charge in [-0.2, -0.15) is 5.10 Å². The smallest absolute Gasteiger partial charge is 0.276 e. The topological polar surface area (TPSA) is 64.0 Å². The van der Waals surface area contributed by atoms with E-state index in [1.54, 1.807) is 0 Å². The number of amides is 1. The van der Waals surface area contributed by atoms with Crippen molar-refractivity contribution in [2.75, 3.05) is 5.32 Å². The van der Waals surface area contributed by atoms with Crippen molar-refractivity contribution in [3.63, 3.8) is 0 Å². The molecule has 2 aromatic rings. The summed E-state index contributed by atoms with van der Waals surface area (Å²) in [5, 5.41) is 6.98. The summed E-state index contributed by atoms with van der Waals surface area (Å²) >= 11 is 0. The molecule has 1 N–H and O–H groups in total. The van der Waals surface area contributed by atoms with Crippen LogP contribution in [0, 0.1) is 13.8 Å². The summed E-state index contributed by atoms with van der Waals surface area (Å²) in [6.45, 7) is 7.57. The highest BCUT2D eigenvalue weighted by Gasteiger charge is 2.13. The van der Waals surface area contributed by atoms with E-state index in [1.165, 1.54) is 16.8 Å². The van der Waals surface area contributed by atoms with E-state index in [4.69, 9.17) is 0 Å². The molecule has 21 heavy (non-hydrogen) atoms. The lowest BCUT2D eigenvalue weighted by Crippen LogP contribution is -2.27. The molecular formula is C16H19N3O2. The lowest BCUT2D eigenvalue weighted by Gasteiger charge is -2.12. The third kappa shape index (κ3) is 3.18. The highest BCUT2D eigenvalue weighted by molar-refractivity contribution is 6.03. The first-order chi connectivity index (χ1) is 9.90. The number of hydrogen-bond donors (Lipinski definition) is 1. The van der Waals surface area contributed by atoms with Crippen LogP contribution in [0.3, 0.4) is 0 Å². The summed E-state index contributed by atoms with van der Waals surface area (Å²) in [5.41, 5.74) is 2.77. The Kier molecular flexibility index (Phi) is 4.21. The van der Waals surface area contributed by atoms with Crippen molar-refractivity contribution in [2.45, 2.75) is 33.7 Å². The summed E-state index contributed by atoms with van der Waals surface area (Å²) in [4.78, 5) is 24.0. The highest BCUT2D eigenvalue weighted by atomic mass is 16.2. The Morgan fingerprint density at radius 3 is 2.33 bits per heavy atom. The predicted molar refractivity (Wildman–Crippen MR) is 82.8 cm³/mol. The number of para-hydroxylation sites is 1. The fourth-order valence-corrected chi connectivity index (χ4v) is 2.11. The maximum atomic E-state index is 12.3. The van der Waals surface area contributed by atoms with Crippen molar-refractivity contribution < 1.29 is 4.79 Å². The van der Waals surface area contributed by atoms with Crippen LogP contribution in [-0.2, 0) is 0 Å². The average molecular weight is 285 g/mol. The van der Waals surface area contributed by atoms with Gasteiger partial charge in [-0.05, 0) is 44.9 Å². The molecular weight excluding hydrogens is 266 g/mol. The molecule has 0 aliphatic carbocycles. The molecule has 0 aliphatic rings. The lowest BCUT2D eigenvalue weighted by atomic mass is 10.1. The molecule has 0 saturated heterocycles. The first kappa shape index (κ1) is 15.0. The van der Waals surface area contributed by atoms with E-state index in [2.05, 4.69) is 10.4 Å². The fraction of sp³-hybridized carbons (Fsp3) is 0.312. The van der Waals surface area contributed by atoms with Gasteiger partial charge in [0.2, 0.25) is 0 Å². The second kappa shape index (κ2) is 5.91. The standard InChI is InChI=1S/C16H19N3O2/c1-10(2)19-14(20)9-8-13(18-19)16(21)17-15-11(3)6-5-7-12(15)4/h5-10H,1-4H3,(H,17,21). The van der Waals surface area contributed by atoms with E-state index in [1.807, 2.05) is 45.9 Å². The largest absolute Gasteiger partial charge is 0.320 e. The maximum Gasteiger partial charge on any atom is 0.276 e. The van der Waals surface area contributed by atoms with E-state index in [0.717, 1.165) is 16.8 Å². The Morgan fingerprint density at radius 1 is 1.14 bits per heavy atom. The van der Waals surface area contributed by atoms with E-state index in [-0.39, 0.29) is 23.2 Å². The number of hydrogen-bond acceptors (Lipinski definition) is 3. The minimum atomic E-state index is -0.318. The third-order valence-electron chi connectivity index (χ3n) is 3.27. The van der Waals surface area contributed by atoms with Crippen LogP contribution < -0.4 is 10.9 Å². The third-order valence-corrected chi connectivity index (χ3v) is 3.27. The molecule has 1 aromatic carbocycles. The molecule has 1 amide bonds. The molecule has 0 saturated carbocycles. The van der Waals surface area contributed by atoms with Crippen molar-refractivity contribution >= 4 is 11.6 Å². The van der Waals surface area contributed by atoms with Gasteiger partial charge < -0.3 is 5.32 Å². The van der Waals surface area contributed by atoms with Gasteiger partial charge in [-0.25, -0.2) is 4.68 Å². The van der Waals surface area contributed by atoms with Crippen LogP contribution in [0.25, 0.3) is 0 Å². The van der Waals surface area contributed by atoms with E-state index in [0.29, 0.717) is 0 Å². The minimum absolute atomic E-state index is 0.0922. The summed E-state index contributed by atoms with van der Waals surface area (Å²) in [7, 11) is 0. The van der Waals surface area contributed by atoms with Crippen molar-refractivity contribution in [2.24, 2.45) is 0 Å². The van der Waals surface area contributed by atoms with Gasteiger partial charge >= 0.3 is 0 Å². The number of nitrogens with one attached hydrogen (secondary N) is 1. The number of carbonyl (C=O) groups is 1. The minimum Gasteiger partial charge on any atom is -0.320 e. The Balaban J connectivity index is 2.33. The van der Waals surface area contributed by atoms with Crippen LogP contribution in [-0.4, -0.2) is 15.7 Å². The van der Waals surface area contributed by atoms with Crippen LogP contribution in [0.1, 0.15) is 41.5 Å². The summed E-state index contributed by atoms with van der Waals surface area (Å²) in [5.74, 6) is -0.318. The molecule has 0 bridgehead atoms. The van der Waals surface area contributed by atoms with Gasteiger partial charge in [-0.3, -0.25) is 9.59 Å². The molecule has 5 heteroatoms. The summed E-state index contributed by atoms with van der Waals surface area (Å²) in [6.07, 6.45) is 0. The number of aryl methyl sites for hydroxylation is 2. The van der Waals surface area contributed by atoms with E-state index >= 15 is 0 Å². The molecule has 5 nitrogen and oxygen atoms in total. The Hall–Kier alpha value is -2.43. The van der Waals surface area contributed by atoms with Crippen molar-refractivity contribution in [3.8, 4) is 0 Å². The zero-order valence-electron chi connectivity index (χ0n) is 12.7. The molecule has 0 aliphatic heterocycles. The van der Waals surface area contributed by atoms with Crippen molar-refractivity contribution in [1.29, 1.82) is 0 Å². The first-order valence-corrected chi connectivity index (χ1v) is 6.87. The molecule has 0 fully saturated rings. The Bertz CT molecular complexity index is 712. The average Bonchev–Trinajstić information content (AvgIpc) is 2.43. The normalized spacial score (nSPS) is 10.7. The van der Waals surface area contributed by atoms with Crippen LogP contribution in [0.2, 0.25) is 0 Å². The SMILES string of the molecule is Cc1cccc(C)c1NC(=O)c1ccc(=O)n(C(C)C)n1. The van der Waals surface area contributed by atoms with Gasteiger partial charge in [0.1, 0.15) is 5.69 Å². The second-order valence-electron chi connectivity index (χ2n) is 5.32. The molecule has 0 unspecified atom stereocenters. The number of nitrogens with zero attached hydrogens (tertiary/aromatic N) is 2. The zero-order valence-corrected chi connectivity index (χ0v) is 12.7. The van der Waals surface area contributed by atoms with Gasteiger partial charge in [0.25, 0.3) is 11.5 Å². The number of aromatic nitrogens is 2. The van der Waals surface area contributed by atoms with Gasteiger partial charge in [0.15, 0.2) is 0 Å². The molecule has 2 rings (SSSR count). The number of carbonyl (C=O) groups excluding carboxylic acids is 1. The lowest BCUT2D eigenvalue weighted by molar-refractivity contribution is 0.101. The van der Waals surface area contributed by atoms with Gasteiger partial charge in [0, 0.05) is 11.8 Å². The number of rotatable bonds is 3. The quantitative estimate of drug-likeness (QED) is 0.943. The van der Waals surface area contributed by atoms with Crippen molar-refractivity contribution in [1.82, 2.24) is 9.78 Å². The molecule has 0 atom stereocenters. The monoisotopic (exact) mass is 285 g/mol. The number of anilines is 1. The molecule has 1 heterocycles. The van der Waals surface area contributed by atoms with E-state index in [9.17, 15) is 9.59 Å². The fourth-order valence-electron chi connectivity index (χ4n) is 2.11. The molecule has 110 valence electrons. The van der Waals surface area contributed by atoms with Crippen LogP contribution in [0.4, 0.5) is 5.69 Å². The summed E-state index contributed by atoms with van der Waals surface area (Å²) in [6, 6.07) is 8.54.